The van der Waals surface area contributed by atoms with Gasteiger partial charge in [-0.1, -0.05) is 68.4 Å². The third kappa shape index (κ3) is 16.0. The smallest absolute Gasteiger partial charge is 0.333 e. The van der Waals surface area contributed by atoms with Crippen LogP contribution in [0.3, 0.4) is 0 Å². The average Bonchev–Trinajstić information content (AvgIpc) is 3.11. The molecular weight excluding hydrogens is 752 g/mol. The summed E-state index contributed by atoms with van der Waals surface area (Å²) < 4.78 is 42.5. The van der Waals surface area contributed by atoms with Crippen molar-refractivity contribution in [3.8, 4) is 0 Å². The van der Waals surface area contributed by atoms with Gasteiger partial charge in [0, 0.05) is 56.9 Å². The first-order chi connectivity index (χ1) is 27.0. The number of ether oxygens (including phenoxy) is 7. The van der Waals surface area contributed by atoms with Gasteiger partial charge in [-0.05, 0) is 62.7 Å². The first-order valence-electron chi connectivity index (χ1n) is 21.1. The zero-order valence-electron chi connectivity index (χ0n) is 37.2. The predicted molar refractivity (Wildman–Crippen MR) is 214 cm³/mol. The lowest BCUT2D eigenvalue weighted by atomic mass is 9.79. The summed E-state index contributed by atoms with van der Waals surface area (Å²) >= 11 is 0. The normalized spacial score (nSPS) is 26.1. The van der Waals surface area contributed by atoms with Crippen LogP contribution in [0, 0.1) is 35.5 Å². The van der Waals surface area contributed by atoms with Crippen LogP contribution in [0.2, 0.25) is 0 Å². The Morgan fingerprint density at radius 2 is 1.28 bits per heavy atom. The standard InChI is InChI=1S/C44H72O14/c1-14-37(47)54-33(16-15-28(8)43(51)52-13)30(10)42(53-32(12)46)35(55-38(48)17-24(2)3)21-29(9)41(56-39(49)18-25(4)5)36-20-27(7)23-44(58-36)22-26(6)19-34(57-44)40(50)31(11)45/h15,24-27,29-30,33-36,40-42,50H,14,16-23H2,1-13H3/b28-15-/t26-,27?,29?,30?,33?,34+,35?,36+,40?,41?,42?,44+/m0/s1. The van der Waals surface area contributed by atoms with E-state index in [0.29, 0.717) is 25.7 Å². The Bertz CT molecular complexity index is 1420. The van der Waals surface area contributed by atoms with E-state index in [1.54, 1.807) is 26.8 Å². The summed E-state index contributed by atoms with van der Waals surface area (Å²) in [5, 5.41) is 10.8. The van der Waals surface area contributed by atoms with E-state index >= 15 is 0 Å². The Kier molecular flexibility index (Phi) is 20.5. The molecule has 0 aromatic heterocycles. The van der Waals surface area contributed by atoms with E-state index in [9.17, 15) is 33.9 Å². The summed E-state index contributed by atoms with van der Waals surface area (Å²) in [4.78, 5) is 77.0. The van der Waals surface area contributed by atoms with E-state index in [1.807, 2.05) is 41.5 Å². The molecule has 0 bridgehead atoms. The highest BCUT2D eigenvalue weighted by Crippen LogP contribution is 2.46. The van der Waals surface area contributed by atoms with Gasteiger partial charge in [-0.25, -0.2) is 4.79 Å². The molecule has 2 aliphatic rings. The monoisotopic (exact) mass is 824 g/mol. The Morgan fingerprint density at radius 1 is 0.759 bits per heavy atom. The fourth-order valence-corrected chi connectivity index (χ4v) is 8.11. The molecule has 0 aromatic rings. The molecule has 14 nitrogen and oxygen atoms in total. The van der Waals surface area contributed by atoms with Gasteiger partial charge in [0.25, 0.3) is 0 Å². The molecule has 2 rings (SSSR count). The van der Waals surface area contributed by atoms with Crippen LogP contribution in [0.5, 0.6) is 0 Å². The highest BCUT2D eigenvalue weighted by molar-refractivity contribution is 5.87. The molecule has 0 aliphatic carbocycles. The summed E-state index contributed by atoms with van der Waals surface area (Å²) in [5.41, 5.74) is 0.286. The maximum Gasteiger partial charge on any atom is 0.333 e. The SMILES string of the molecule is CCC(=O)OC(C/C=C(/C)C(=O)OC)C(C)C(OC(C)=O)C(CC(C)C(OC(=O)CC(C)C)[C@H]1CC(C)C[C@@]2(C[C@@H](C)C[C@H](C(O)C(C)=O)O2)O1)OC(=O)CC(C)C. The molecule has 2 saturated heterocycles. The fraction of sp³-hybridized carbons (Fsp3) is 0.818. The molecule has 12 atom stereocenters. The summed E-state index contributed by atoms with van der Waals surface area (Å²) in [6.07, 6.45) is -2.91. The van der Waals surface area contributed by atoms with Crippen molar-refractivity contribution >= 4 is 35.6 Å². The maximum absolute atomic E-state index is 13.5. The van der Waals surface area contributed by atoms with Gasteiger partial charge < -0.3 is 38.3 Å². The minimum absolute atomic E-state index is 0.00378. The molecule has 8 unspecified atom stereocenters. The topological polar surface area (TPSA) is 187 Å². The number of ketones is 1. The highest BCUT2D eigenvalue weighted by atomic mass is 16.7. The molecule has 0 amide bonds. The van der Waals surface area contributed by atoms with Crippen LogP contribution in [0.15, 0.2) is 11.6 Å². The second-order valence-corrected chi connectivity index (χ2v) is 17.7. The molecule has 0 radical (unpaired) electrons. The van der Waals surface area contributed by atoms with Gasteiger partial charge in [-0.3, -0.25) is 24.0 Å². The molecule has 0 saturated carbocycles. The van der Waals surface area contributed by atoms with Crippen molar-refractivity contribution in [2.75, 3.05) is 7.11 Å². The summed E-state index contributed by atoms with van der Waals surface area (Å²) in [6.45, 7) is 21.0. The maximum atomic E-state index is 13.5. The molecule has 14 heteroatoms. The Hall–Kier alpha value is -3.36. The molecule has 2 fully saturated rings. The molecular formula is C44H72O14. The van der Waals surface area contributed by atoms with E-state index < -0.39 is 96.0 Å². The van der Waals surface area contributed by atoms with Gasteiger partial charge in [0.2, 0.25) is 0 Å². The van der Waals surface area contributed by atoms with Crippen molar-refractivity contribution in [3.05, 3.63) is 11.6 Å². The molecule has 2 heterocycles. The van der Waals surface area contributed by atoms with Crippen LogP contribution in [-0.2, 0) is 61.9 Å². The van der Waals surface area contributed by atoms with Gasteiger partial charge >= 0.3 is 29.8 Å². The van der Waals surface area contributed by atoms with E-state index in [-0.39, 0.29) is 61.3 Å². The van der Waals surface area contributed by atoms with Crippen LogP contribution >= 0.6 is 0 Å². The first-order valence-corrected chi connectivity index (χ1v) is 21.1. The molecule has 0 aromatic carbocycles. The van der Waals surface area contributed by atoms with Crippen LogP contribution in [0.4, 0.5) is 0 Å². The van der Waals surface area contributed by atoms with Gasteiger partial charge in [0.1, 0.15) is 30.5 Å². The van der Waals surface area contributed by atoms with Crippen molar-refractivity contribution < 1.29 is 67.0 Å². The van der Waals surface area contributed by atoms with E-state index in [2.05, 4.69) is 6.92 Å². The number of esters is 5. The number of methoxy groups -OCH3 is 1. The zero-order valence-corrected chi connectivity index (χ0v) is 37.2. The van der Waals surface area contributed by atoms with Crippen molar-refractivity contribution in [2.24, 2.45) is 35.5 Å². The lowest BCUT2D eigenvalue weighted by molar-refractivity contribution is -0.347. The zero-order chi connectivity index (χ0) is 44.1. The van der Waals surface area contributed by atoms with E-state index in [4.69, 9.17) is 33.2 Å². The lowest BCUT2D eigenvalue weighted by Gasteiger charge is -2.51. The highest BCUT2D eigenvalue weighted by Gasteiger charge is 2.52. The Balaban J connectivity index is 2.68. The number of Topliss-reactive ketones (excluding diaryl/α,β-unsaturated/α-hetero) is 1. The first kappa shape index (κ1) is 50.8. The average molecular weight is 825 g/mol. The van der Waals surface area contributed by atoms with Gasteiger partial charge in [0.05, 0.1) is 19.3 Å². The molecule has 2 aliphatic heterocycles. The number of carbonyl (C=O) groups is 6. The quantitative estimate of drug-likeness (QED) is 0.0741. The second-order valence-electron chi connectivity index (χ2n) is 17.7. The Labute approximate surface area is 345 Å². The summed E-state index contributed by atoms with van der Waals surface area (Å²) in [6, 6.07) is 0. The van der Waals surface area contributed by atoms with Gasteiger partial charge in [-0.2, -0.15) is 0 Å². The third-order valence-electron chi connectivity index (χ3n) is 10.8. The van der Waals surface area contributed by atoms with Crippen LogP contribution < -0.4 is 0 Å². The summed E-state index contributed by atoms with van der Waals surface area (Å²) in [5.74, 6) is -5.58. The Morgan fingerprint density at radius 3 is 1.78 bits per heavy atom. The minimum atomic E-state index is -1.32. The predicted octanol–water partition coefficient (Wildman–Crippen LogP) is 6.60. The minimum Gasteiger partial charge on any atom is -0.466 e. The van der Waals surface area contributed by atoms with Crippen molar-refractivity contribution in [2.45, 2.75) is 189 Å². The fourth-order valence-electron chi connectivity index (χ4n) is 8.11. The number of aliphatic hydroxyl groups excluding tert-OH is 1. The number of hydrogen-bond donors (Lipinski definition) is 1. The van der Waals surface area contributed by atoms with Crippen molar-refractivity contribution in [1.82, 2.24) is 0 Å². The number of aliphatic hydroxyl groups is 1. The molecule has 1 spiro atoms. The van der Waals surface area contributed by atoms with E-state index in [0.717, 1.165) is 0 Å². The van der Waals surface area contributed by atoms with Gasteiger partial charge in [-0.15, -0.1) is 0 Å². The number of carbonyl (C=O) groups excluding carboxylic acids is 6. The molecule has 58 heavy (non-hydrogen) atoms. The number of hydrogen-bond acceptors (Lipinski definition) is 14. The van der Waals surface area contributed by atoms with Gasteiger partial charge in [0.15, 0.2) is 11.6 Å². The largest absolute Gasteiger partial charge is 0.466 e. The molecule has 1 N–H and O–H groups in total. The second kappa shape index (κ2) is 23.4. The van der Waals surface area contributed by atoms with Crippen LogP contribution in [0.25, 0.3) is 0 Å². The van der Waals surface area contributed by atoms with E-state index in [1.165, 1.54) is 21.0 Å². The third-order valence-corrected chi connectivity index (χ3v) is 10.8. The van der Waals surface area contributed by atoms with Crippen LogP contribution in [-0.4, -0.2) is 96.4 Å². The number of rotatable bonds is 21. The van der Waals surface area contributed by atoms with Crippen LogP contribution in [0.1, 0.15) is 141 Å². The van der Waals surface area contributed by atoms with Crippen molar-refractivity contribution in [1.29, 1.82) is 0 Å². The lowest BCUT2D eigenvalue weighted by Crippen LogP contribution is -2.57. The summed E-state index contributed by atoms with van der Waals surface area (Å²) in [7, 11) is 1.26. The van der Waals surface area contributed by atoms with Crippen molar-refractivity contribution in [3.63, 3.8) is 0 Å². The molecule has 332 valence electrons.